The van der Waals surface area contributed by atoms with Gasteiger partial charge in [-0.15, -0.1) is 0 Å². The second-order valence-electron chi connectivity index (χ2n) is 8.41. The Kier molecular flexibility index (Phi) is 5.93. The summed E-state index contributed by atoms with van der Waals surface area (Å²) in [5.74, 6) is -0.252. The van der Waals surface area contributed by atoms with Gasteiger partial charge in [-0.1, -0.05) is 23.7 Å². The van der Waals surface area contributed by atoms with Gasteiger partial charge >= 0.3 is 6.18 Å². The van der Waals surface area contributed by atoms with Crippen LogP contribution in [0.5, 0.6) is 0 Å². The van der Waals surface area contributed by atoms with Crippen LogP contribution in [0.1, 0.15) is 36.5 Å². The monoisotopic (exact) mass is 504 g/mol. The Morgan fingerprint density at radius 3 is 2.79 bits per heavy atom. The fourth-order valence-electron chi connectivity index (χ4n) is 4.32. The first kappa shape index (κ1) is 23.0. The van der Waals surface area contributed by atoms with E-state index in [9.17, 15) is 18.0 Å². The Bertz CT molecular complexity index is 1350. The molecule has 1 saturated heterocycles. The SMILES string of the molecule is C[C@H]1CCCN1C1=NC(=O)/C(=C/c2ccc3c(cnn3Cc3ccc(Cl)cc3C(F)(F)F)c2)S1. The molecular formula is C24H20ClF3N4OS. The molecule has 34 heavy (non-hydrogen) atoms. The number of amides is 1. The molecule has 1 aromatic heterocycles. The molecule has 176 valence electrons. The highest BCUT2D eigenvalue weighted by atomic mass is 35.5. The van der Waals surface area contributed by atoms with Crippen LogP contribution in [0, 0.1) is 0 Å². The van der Waals surface area contributed by atoms with Gasteiger partial charge in [0, 0.05) is 23.0 Å². The van der Waals surface area contributed by atoms with Crippen molar-refractivity contribution in [3.8, 4) is 0 Å². The lowest BCUT2D eigenvalue weighted by atomic mass is 10.1. The minimum atomic E-state index is -4.51. The van der Waals surface area contributed by atoms with Gasteiger partial charge in [-0.25, -0.2) is 0 Å². The number of nitrogens with zero attached hydrogens (tertiary/aromatic N) is 4. The molecule has 0 saturated carbocycles. The van der Waals surface area contributed by atoms with Gasteiger partial charge < -0.3 is 4.90 Å². The van der Waals surface area contributed by atoms with Crippen molar-refractivity contribution in [3.63, 3.8) is 0 Å². The number of amidine groups is 1. The zero-order valence-electron chi connectivity index (χ0n) is 18.1. The molecule has 10 heteroatoms. The number of carbonyl (C=O) groups is 1. The Hall–Kier alpha value is -2.78. The largest absolute Gasteiger partial charge is 0.416 e. The number of alkyl halides is 3. The highest BCUT2D eigenvalue weighted by Crippen LogP contribution is 2.35. The fraction of sp³-hybridized carbons (Fsp3) is 0.292. The van der Waals surface area contributed by atoms with Gasteiger partial charge in [0.15, 0.2) is 5.17 Å². The van der Waals surface area contributed by atoms with E-state index in [-0.39, 0.29) is 23.0 Å². The van der Waals surface area contributed by atoms with Crippen molar-refractivity contribution in [1.29, 1.82) is 0 Å². The van der Waals surface area contributed by atoms with Crippen molar-refractivity contribution in [2.24, 2.45) is 4.99 Å². The molecule has 5 nitrogen and oxygen atoms in total. The zero-order chi connectivity index (χ0) is 24.0. The first-order chi connectivity index (χ1) is 16.2. The van der Waals surface area contributed by atoms with E-state index < -0.39 is 11.7 Å². The van der Waals surface area contributed by atoms with Crippen LogP contribution in [0.4, 0.5) is 13.2 Å². The maximum Gasteiger partial charge on any atom is 0.416 e. The molecule has 1 atom stereocenters. The molecule has 0 unspecified atom stereocenters. The van der Waals surface area contributed by atoms with Gasteiger partial charge in [0.05, 0.1) is 28.7 Å². The van der Waals surface area contributed by atoms with Crippen molar-refractivity contribution < 1.29 is 18.0 Å². The third kappa shape index (κ3) is 4.46. The first-order valence-corrected chi connectivity index (χ1v) is 12.0. The van der Waals surface area contributed by atoms with Gasteiger partial charge in [0.2, 0.25) is 0 Å². The van der Waals surface area contributed by atoms with Crippen LogP contribution in [0.2, 0.25) is 5.02 Å². The summed E-state index contributed by atoms with van der Waals surface area (Å²) < 4.78 is 41.9. The summed E-state index contributed by atoms with van der Waals surface area (Å²) >= 11 is 7.17. The average molecular weight is 505 g/mol. The third-order valence-corrected chi connectivity index (χ3v) is 7.32. The molecule has 0 N–H and O–H groups in total. The quantitative estimate of drug-likeness (QED) is 0.398. The van der Waals surface area contributed by atoms with Gasteiger partial charge in [-0.2, -0.15) is 23.3 Å². The number of benzene rings is 2. The highest BCUT2D eigenvalue weighted by molar-refractivity contribution is 8.18. The molecule has 0 spiro atoms. The van der Waals surface area contributed by atoms with Crippen LogP contribution in [-0.2, 0) is 17.5 Å². The van der Waals surface area contributed by atoms with E-state index in [0.717, 1.165) is 41.6 Å². The number of thioether (sulfide) groups is 1. The first-order valence-electron chi connectivity index (χ1n) is 10.8. The lowest BCUT2D eigenvalue weighted by Crippen LogP contribution is -2.30. The smallest absolute Gasteiger partial charge is 0.348 e. The lowest BCUT2D eigenvalue weighted by molar-refractivity contribution is -0.138. The minimum absolute atomic E-state index is 0.0322. The molecule has 3 heterocycles. The van der Waals surface area contributed by atoms with Crippen LogP contribution >= 0.6 is 23.4 Å². The zero-order valence-corrected chi connectivity index (χ0v) is 19.7. The number of hydrogen-bond acceptors (Lipinski definition) is 4. The van der Waals surface area contributed by atoms with Crippen molar-refractivity contribution in [2.75, 3.05) is 6.54 Å². The van der Waals surface area contributed by atoms with Gasteiger partial charge in [0.25, 0.3) is 5.91 Å². The molecule has 3 aromatic rings. The molecule has 2 aliphatic rings. The molecule has 1 amide bonds. The summed E-state index contributed by atoms with van der Waals surface area (Å²) in [6, 6.07) is 9.61. The van der Waals surface area contributed by atoms with Crippen molar-refractivity contribution >= 4 is 51.4 Å². The predicted molar refractivity (Wildman–Crippen MR) is 129 cm³/mol. The number of rotatable bonds is 3. The Balaban J connectivity index is 1.39. The van der Waals surface area contributed by atoms with E-state index in [2.05, 4.69) is 21.9 Å². The normalized spacial score (nSPS) is 20.1. The van der Waals surface area contributed by atoms with Crippen LogP contribution in [0.3, 0.4) is 0 Å². The summed E-state index contributed by atoms with van der Waals surface area (Å²) in [7, 11) is 0. The number of halogens is 4. The number of fused-ring (bicyclic) bond motifs is 1. The molecule has 2 aromatic carbocycles. The summed E-state index contributed by atoms with van der Waals surface area (Å²) in [4.78, 5) is 19.4. The van der Waals surface area contributed by atoms with Crippen molar-refractivity contribution in [3.05, 3.63) is 69.2 Å². The molecule has 1 fully saturated rings. The second-order valence-corrected chi connectivity index (χ2v) is 9.86. The molecule has 0 aliphatic carbocycles. The van der Waals surface area contributed by atoms with Crippen LogP contribution in [0.25, 0.3) is 17.0 Å². The van der Waals surface area contributed by atoms with E-state index in [4.69, 9.17) is 11.6 Å². The van der Waals surface area contributed by atoms with E-state index >= 15 is 0 Å². The number of aliphatic imine (C=N–C) groups is 1. The van der Waals surface area contributed by atoms with E-state index in [0.29, 0.717) is 16.5 Å². The average Bonchev–Trinajstić information content (AvgIpc) is 3.48. The molecule has 5 rings (SSSR count). The van der Waals surface area contributed by atoms with Gasteiger partial charge in [-0.3, -0.25) is 9.48 Å². The molecular weight excluding hydrogens is 485 g/mol. The predicted octanol–water partition coefficient (Wildman–Crippen LogP) is 6.21. The highest BCUT2D eigenvalue weighted by Gasteiger charge is 2.34. The van der Waals surface area contributed by atoms with Gasteiger partial charge in [-0.05, 0) is 73.0 Å². The number of aromatic nitrogens is 2. The summed E-state index contributed by atoms with van der Waals surface area (Å²) in [6.45, 7) is 2.99. The fourth-order valence-corrected chi connectivity index (χ4v) is 5.54. The second kappa shape index (κ2) is 8.78. The van der Waals surface area contributed by atoms with E-state index in [1.165, 1.54) is 28.6 Å². The minimum Gasteiger partial charge on any atom is -0.348 e. The molecule has 0 radical (unpaired) electrons. The van der Waals surface area contributed by atoms with Crippen LogP contribution in [0.15, 0.2) is 52.5 Å². The Morgan fingerprint density at radius 2 is 2.06 bits per heavy atom. The number of hydrogen-bond donors (Lipinski definition) is 0. The summed E-state index contributed by atoms with van der Waals surface area (Å²) in [5, 5.41) is 5.84. The molecule has 2 aliphatic heterocycles. The maximum atomic E-state index is 13.5. The third-order valence-electron chi connectivity index (χ3n) is 6.07. The molecule has 0 bridgehead atoms. The van der Waals surface area contributed by atoms with E-state index in [1.807, 2.05) is 12.1 Å². The van der Waals surface area contributed by atoms with E-state index in [1.54, 1.807) is 18.3 Å². The van der Waals surface area contributed by atoms with Crippen LogP contribution < -0.4 is 0 Å². The summed E-state index contributed by atoms with van der Waals surface area (Å²) in [6.07, 6.45) is 1.07. The number of carbonyl (C=O) groups excluding carboxylic acids is 1. The Morgan fingerprint density at radius 1 is 1.24 bits per heavy atom. The van der Waals surface area contributed by atoms with Crippen molar-refractivity contribution in [1.82, 2.24) is 14.7 Å². The standard InChI is InChI=1S/C24H20ClF3N4OS/c1-14-3-2-8-31(14)23-30-22(33)21(34-23)10-15-4-7-20-17(9-15)12-29-32(20)13-16-5-6-18(25)11-19(16)24(26,27)28/h4-7,9-12,14H,2-3,8,13H2,1H3/b21-10-/t14-/m0/s1. The summed E-state index contributed by atoms with van der Waals surface area (Å²) in [5.41, 5.74) is 0.807. The van der Waals surface area contributed by atoms with Crippen molar-refractivity contribution in [2.45, 2.75) is 38.5 Å². The topological polar surface area (TPSA) is 50.5 Å². The number of likely N-dealkylation sites (tertiary alicyclic amines) is 1. The lowest BCUT2D eigenvalue weighted by Gasteiger charge is -2.21. The maximum absolute atomic E-state index is 13.5. The van der Waals surface area contributed by atoms with Gasteiger partial charge in [0.1, 0.15) is 0 Å². The van der Waals surface area contributed by atoms with Crippen LogP contribution in [-0.4, -0.2) is 38.3 Å². The Labute approximate surface area is 203 Å².